The van der Waals surface area contributed by atoms with Gasteiger partial charge in [-0.15, -0.1) is 11.3 Å². The molecular formula is C9H11NO5S. The Kier molecular flexibility index (Phi) is 4.53. The number of aliphatic hydroxyl groups is 2. The average molecular weight is 245 g/mol. The fourth-order valence-electron chi connectivity index (χ4n) is 0.982. The van der Waals surface area contributed by atoms with E-state index < -0.39 is 18.2 Å². The van der Waals surface area contributed by atoms with Crippen molar-refractivity contribution in [3.8, 4) is 0 Å². The van der Waals surface area contributed by atoms with E-state index in [2.05, 4.69) is 9.72 Å². The number of carbonyl (C=O) groups excluding carboxylic acids is 2. The molecule has 0 aliphatic carbocycles. The monoisotopic (exact) mass is 245 g/mol. The molecule has 0 aromatic carbocycles. The van der Waals surface area contributed by atoms with Crippen molar-refractivity contribution in [1.29, 1.82) is 0 Å². The van der Waals surface area contributed by atoms with Crippen molar-refractivity contribution in [2.45, 2.75) is 19.1 Å². The van der Waals surface area contributed by atoms with Crippen molar-refractivity contribution in [2.75, 3.05) is 6.61 Å². The van der Waals surface area contributed by atoms with E-state index in [0.717, 1.165) is 11.3 Å². The summed E-state index contributed by atoms with van der Waals surface area (Å²) in [7, 11) is 0. The topological polar surface area (TPSA) is 96.7 Å². The van der Waals surface area contributed by atoms with Crippen LogP contribution in [0.25, 0.3) is 0 Å². The van der Waals surface area contributed by atoms with Crippen LogP contribution < -0.4 is 0 Å². The molecule has 1 aromatic heterocycles. The molecule has 2 N–H and O–H groups in total. The van der Waals surface area contributed by atoms with Crippen LogP contribution in [0.4, 0.5) is 0 Å². The van der Waals surface area contributed by atoms with Gasteiger partial charge < -0.3 is 14.9 Å². The van der Waals surface area contributed by atoms with E-state index in [0.29, 0.717) is 6.29 Å². The maximum absolute atomic E-state index is 11.1. The van der Waals surface area contributed by atoms with Crippen LogP contribution in [0.1, 0.15) is 28.5 Å². The normalized spacial score (nSPS) is 14.2. The number of hydrogen-bond donors (Lipinski definition) is 2. The number of hydrogen-bond acceptors (Lipinski definition) is 7. The summed E-state index contributed by atoms with van der Waals surface area (Å²) < 4.78 is 4.54. The van der Waals surface area contributed by atoms with Crippen molar-refractivity contribution in [3.63, 3.8) is 0 Å². The lowest BCUT2D eigenvalue weighted by atomic mass is 10.2. The van der Waals surface area contributed by atoms with Gasteiger partial charge in [-0.1, -0.05) is 0 Å². The first-order valence-corrected chi connectivity index (χ1v) is 5.41. The smallest absolute Gasteiger partial charge is 0.338 e. The van der Waals surface area contributed by atoms with Crippen molar-refractivity contribution in [1.82, 2.24) is 4.98 Å². The SMILES string of the molecule is CCOC(=O)C(O)C(O)c1nc(C=O)cs1. The first-order valence-electron chi connectivity index (χ1n) is 4.53. The molecule has 0 aliphatic heterocycles. The van der Waals surface area contributed by atoms with Crippen LogP contribution in [0.15, 0.2) is 5.38 Å². The van der Waals surface area contributed by atoms with E-state index in [9.17, 15) is 19.8 Å². The van der Waals surface area contributed by atoms with Gasteiger partial charge in [0, 0.05) is 5.38 Å². The Labute approximate surface area is 95.5 Å². The van der Waals surface area contributed by atoms with Crippen LogP contribution in [-0.4, -0.2) is 40.2 Å². The standard InChI is InChI=1S/C9H11NO5S/c1-2-15-9(14)7(13)6(12)8-10-5(3-11)4-16-8/h3-4,6-7,12-13H,2H2,1H3. The van der Waals surface area contributed by atoms with E-state index in [1.165, 1.54) is 5.38 Å². The molecule has 0 saturated carbocycles. The van der Waals surface area contributed by atoms with Crippen molar-refractivity contribution in [3.05, 3.63) is 16.1 Å². The van der Waals surface area contributed by atoms with Crippen LogP contribution >= 0.6 is 11.3 Å². The Morgan fingerprint density at radius 1 is 1.69 bits per heavy atom. The van der Waals surface area contributed by atoms with Gasteiger partial charge in [-0.2, -0.15) is 0 Å². The second-order valence-corrected chi connectivity index (χ2v) is 3.76. The summed E-state index contributed by atoms with van der Waals surface area (Å²) in [6.45, 7) is 1.70. The highest BCUT2D eigenvalue weighted by molar-refractivity contribution is 7.09. The molecule has 0 saturated heterocycles. The lowest BCUT2D eigenvalue weighted by Crippen LogP contribution is -2.29. The minimum Gasteiger partial charge on any atom is -0.464 e. The zero-order valence-corrected chi connectivity index (χ0v) is 9.31. The molecule has 0 spiro atoms. The summed E-state index contributed by atoms with van der Waals surface area (Å²) in [6.07, 6.45) is -2.65. The van der Waals surface area contributed by atoms with Crippen LogP contribution in [0.5, 0.6) is 0 Å². The molecular weight excluding hydrogens is 234 g/mol. The van der Waals surface area contributed by atoms with E-state index in [4.69, 9.17) is 0 Å². The fraction of sp³-hybridized carbons (Fsp3) is 0.444. The highest BCUT2D eigenvalue weighted by atomic mass is 32.1. The summed E-state index contributed by atoms with van der Waals surface area (Å²) in [5.41, 5.74) is 0.148. The largest absolute Gasteiger partial charge is 0.464 e. The van der Waals surface area contributed by atoms with Gasteiger partial charge in [0.1, 0.15) is 16.8 Å². The summed E-state index contributed by atoms with van der Waals surface area (Å²) in [5, 5.41) is 20.5. The van der Waals surface area contributed by atoms with Crippen LogP contribution in [0.2, 0.25) is 0 Å². The van der Waals surface area contributed by atoms with Crippen LogP contribution in [0.3, 0.4) is 0 Å². The molecule has 1 heterocycles. The van der Waals surface area contributed by atoms with Gasteiger partial charge in [0.05, 0.1) is 6.61 Å². The number of aldehydes is 1. The van der Waals surface area contributed by atoms with Gasteiger partial charge in [-0.25, -0.2) is 9.78 Å². The van der Waals surface area contributed by atoms with E-state index in [1.807, 2.05) is 0 Å². The first-order chi connectivity index (χ1) is 7.60. The lowest BCUT2D eigenvalue weighted by molar-refractivity contribution is -0.159. The van der Waals surface area contributed by atoms with Gasteiger partial charge in [0.2, 0.25) is 0 Å². The van der Waals surface area contributed by atoms with Gasteiger partial charge in [0.15, 0.2) is 12.4 Å². The van der Waals surface area contributed by atoms with E-state index in [-0.39, 0.29) is 17.3 Å². The molecule has 0 bridgehead atoms. The number of esters is 1. The number of nitrogens with zero attached hydrogens (tertiary/aromatic N) is 1. The first kappa shape index (κ1) is 12.8. The molecule has 7 heteroatoms. The van der Waals surface area contributed by atoms with E-state index >= 15 is 0 Å². The molecule has 88 valence electrons. The molecule has 0 fully saturated rings. The van der Waals surface area contributed by atoms with Gasteiger partial charge >= 0.3 is 5.97 Å². The number of thiazole rings is 1. The number of ether oxygens (including phenoxy) is 1. The molecule has 0 aliphatic rings. The molecule has 6 nitrogen and oxygen atoms in total. The summed E-state index contributed by atoms with van der Waals surface area (Å²) in [6, 6.07) is 0. The third-order valence-electron chi connectivity index (χ3n) is 1.74. The Morgan fingerprint density at radius 2 is 2.38 bits per heavy atom. The van der Waals surface area contributed by atoms with Crippen molar-refractivity contribution in [2.24, 2.45) is 0 Å². The minimum atomic E-state index is -1.69. The molecule has 2 atom stereocenters. The van der Waals surface area contributed by atoms with E-state index in [1.54, 1.807) is 6.92 Å². The Balaban J connectivity index is 2.72. The van der Waals surface area contributed by atoms with Crippen LogP contribution in [-0.2, 0) is 9.53 Å². The van der Waals surface area contributed by atoms with Crippen molar-refractivity contribution >= 4 is 23.6 Å². The highest BCUT2D eigenvalue weighted by Crippen LogP contribution is 2.21. The zero-order chi connectivity index (χ0) is 12.1. The number of aromatic nitrogens is 1. The lowest BCUT2D eigenvalue weighted by Gasteiger charge is -2.13. The Morgan fingerprint density at radius 3 is 2.88 bits per heavy atom. The predicted molar refractivity (Wildman–Crippen MR) is 55.1 cm³/mol. The summed E-state index contributed by atoms with van der Waals surface area (Å²) in [4.78, 5) is 25.2. The molecule has 16 heavy (non-hydrogen) atoms. The minimum absolute atomic E-state index is 0.0997. The Bertz CT molecular complexity index is 378. The highest BCUT2D eigenvalue weighted by Gasteiger charge is 2.29. The second kappa shape index (κ2) is 5.69. The molecule has 1 rings (SSSR count). The third kappa shape index (κ3) is 2.84. The summed E-state index contributed by atoms with van der Waals surface area (Å²) in [5.74, 6) is -0.919. The predicted octanol–water partition coefficient (Wildman–Crippen LogP) is -0.0870. The average Bonchev–Trinajstić information content (AvgIpc) is 2.75. The quantitative estimate of drug-likeness (QED) is 0.556. The molecule has 0 radical (unpaired) electrons. The maximum Gasteiger partial charge on any atom is 0.338 e. The van der Waals surface area contributed by atoms with Crippen molar-refractivity contribution < 1.29 is 24.5 Å². The van der Waals surface area contributed by atoms with Gasteiger partial charge in [-0.3, -0.25) is 4.79 Å². The maximum atomic E-state index is 11.1. The van der Waals surface area contributed by atoms with Gasteiger partial charge in [-0.05, 0) is 6.92 Å². The Hall–Kier alpha value is -1.31. The van der Waals surface area contributed by atoms with Crippen LogP contribution in [0, 0.1) is 0 Å². The number of carbonyl (C=O) groups is 2. The van der Waals surface area contributed by atoms with Gasteiger partial charge in [0.25, 0.3) is 0 Å². The second-order valence-electron chi connectivity index (χ2n) is 2.87. The fourth-order valence-corrected chi connectivity index (χ4v) is 1.76. The zero-order valence-electron chi connectivity index (χ0n) is 8.49. The summed E-state index contributed by atoms with van der Waals surface area (Å²) >= 11 is 0.986. The number of rotatable bonds is 5. The third-order valence-corrected chi connectivity index (χ3v) is 2.67. The molecule has 0 amide bonds. The number of aliphatic hydroxyl groups excluding tert-OH is 2. The molecule has 1 aromatic rings. The molecule has 2 unspecified atom stereocenters.